The Balaban J connectivity index is 2.09. The van der Waals surface area contributed by atoms with Gasteiger partial charge in [-0.3, -0.25) is 4.79 Å². The van der Waals surface area contributed by atoms with Crippen molar-refractivity contribution in [3.8, 4) is 17.2 Å². The predicted octanol–water partition coefficient (Wildman–Crippen LogP) is 3.57. The number of hydrogen-bond acceptors (Lipinski definition) is 4. The van der Waals surface area contributed by atoms with Crippen LogP contribution in [0, 0.1) is 17.3 Å². The average molecular weight is 347 g/mol. The van der Waals surface area contributed by atoms with Crippen LogP contribution in [0.25, 0.3) is 0 Å². The van der Waals surface area contributed by atoms with Crippen molar-refractivity contribution in [3.05, 3.63) is 29.3 Å². The molecule has 1 amide bonds. The van der Waals surface area contributed by atoms with Crippen molar-refractivity contribution in [1.29, 1.82) is 0 Å². The van der Waals surface area contributed by atoms with E-state index in [1.807, 2.05) is 12.1 Å². The zero-order valence-corrected chi connectivity index (χ0v) is 16.2. The molecule has 1 aliphatic carbocycles. The van der Waals surface area contributed by atoms with Gasteiger partial charge in [-0.25, -0.2) is 0 Å². The van der Waals surface area contributed by atoms with Gasteiger partial charge in [0, 0.05) is 6.54 Å². The van der Waals surface area contributed by atoms with E-state index in [1.54, 1.807) is 21.3 Å². The lowest BCUT2D eigenvalue weighted by Crippen LogP contribution is -2.26. The monoisotopic (exact) mass is 347 g/mol. The molecule has 0 heterocycles. The second-order valence-corrected chi connectivity index (χ2v) is 7.32. The highest BCUT2D eigenvalue weighted by Gasteiger charge is 2.60. The van der Waals surface area contributed by atoms with E-state index in [9.17, 15) is 4.79 Å². The van der Waals surface area contributed by atoms with Gasteiger partial charge < -0.3 is 19.5 Å². The van der Waals surface area contributed by atoms with E-state index in [0.29, 0.717) is 29.7 Å². The Labute approximate surface area is 150 Å². The van der Waals surface area contributed by atoms with Gasteiger partial charge in [-0.2, -0.15) is 0 Å². The number of hydrogen-bond donors (Lipinski definition) is 1. The number of benzene rings is 1. The van der Waals surface area contributed by atoms with Crippen molar-refractivity contribution in [2.24, 2.45) is 17.3 Å². The second-order valence-electron chi connectivity index (χ2n) is 7.32. The van der Waals surface area contributed by atoms with Crippen molar-refractivity contribution < 1.29 is 19.0 Å². The van der Waals surface area contributed by atoms with E-state index < -0.39 is 0 Å². The molecule has 25 heavy (non-hydrogen) atoms. The highest BCUT2D eigenvalue weighted by molar-refractivity contribution is 5.83. The summed E-state index contributed by atoms with van der Waals surface area (Å²) >= 11 is 0. The molecule has 1 saturated carbocycles. The zero-order valence-electron chi connectivity index (χ0n) is 16.2. The van der Waals surface area contributed by atoms with Crippen LogP contribution in [-0.2, 0) is 11.3 Å². The third-order valence-electron chi connectivity index (χ3n) is 4.90. The third-order valence-corrected chi connectivity index (χ3v) is 4.90. The van der Waals surface area contributed by atoms with E-state index >= 15 is 0 Å². The Hall–Kier alpha value is -2.17. The Bertz CT molecular complexity index is 649. The lowest BCUT2D eigenvalue weighted by molar-refractivity contribution is -0.123. The molecule has 0 bridgehead atoms. The Kier molecular flexibility index (Phi) is 5.65. The van der Waals surface area contributed by atoms with Crippen LogP contribution in [0.1, 0.15) is 33.3 Å². The summed E-state index contributed by atoms with van der Waals surface area (Å²) in [5.74, 6) is 2.12. The molecule has 1 N–H and O–H groups in total. The van der Waals surface area contributed by atoms with Crippen LogP contribution in [0.4, 0.5) is 0 Å². The lowest BCUT2D eigenvalue weighted by Gasteiger charge is -2.14. The first-order valence-corrected chi connectivity index (χ1v) is 8.47. The number of methoxy groups -OCH3 is 3. The predicted molar refractivity (Wildman–Crippen MR) is 98.1 cm³/mol. The molecule has 1 aliphatic rings. The fourth-order valence-corrected chi connectivity index (χ4v) is 3.39. The van der Waals surface area contributed by atoms with Crippen LogP contribution in [0.2, 0.25) is 0 Å². The van der Waals surface area contributed by atoms with Gasteiger partial charge in [0.15, 0.2) is 11.5 Å². The summed E-state index contributed by atoms with van der Waals surface area (Å²) in [6.45, 7) is 8.84. The highest BCUT2D eigenvalue weighted by atomic mass is 16.5. The molecule has 2 atom stereocenters. The summed E-state index contributed by atoms with van der Waals surface area (Å²) in [7, 11) is 4.73. The van der Waals surface area contributed by atoms with E-state index in [2.05, 4.69) is 39.1 Å². The number of nitrogens with one attached hydrogen (secondary N) is 1. The minimum Gasteiger partial charge on any atom is -0.493 e. The Morgan fingerprint density at radius 1 is 1.12 bits per heavy atom. The van der Waals surface area contributed by atoms with E-state index in [0.717, 1.165) is 5.56 Å². The minimum absolute atomic E-state index is 0.0106. The maximum absolute atomic E-state index is 12.6. The number of carbonyl (C=O) groups is 1. The fourth-order valence-electron chi connectivity index (χ4n) is 3.39. The molecule has 5 nitrogen and oxygen atoms in total. The van der Waals surface area contributed by atoms with Gasteiger partial charge >= 0.3 is 0 Å². The quantitative estimate of drug-likeness (QED) is 0.766. The molecule has 1 fully saturated rings. The molecule has 0 aliphatic heterocycles. The fraction of sp³-hybridized carbons (Fsp3) is 0.550. The standard InChI is InChI=1S/C20H29NO4/c1-12(2)8-14-17(20(14,3)4)19(22)21-11-13-9-15(23-5)18(25-7)16(10-13)24-6/h8-10,14,17H,11H2,1-7H3,(H,21,22). The maximum atomic E-state index is 12.6. The van der Waals surface area contributed by atoms with Crippen LogP contribution in [0.5, 0.6) is 17.2 Å². The van der Waals surface area contributed by atoms with E-state index in [4.69, 9.17) is 14.2 Å². The van der Waals surface area contributed by atoms with Crippen LogP contribution < -0.4 is 19.5 Å². The first-order valence-electron chi connectivity index (χ1n) is 8.47. The molecule has 0 radical (unpaired) electrons. The molecule has 138 valence electrons. The Morgan fingerprint density at radius 3 is 2.12 bits per heavy atom. The van der Waals surface area contributed by atoms with Gasteiger partial charge in [0.05, 0.1) is 27.2 Å². The molecule has 0 aromatic heterocycles. The van der Waals surface area contributed by atoms with Gasteiger partial charge in [-0.1, -0.05) is 25.5 Å². The van der Waals surface area contributed by atoms with Crippen LogP contribution in [0.3, 0.4) is 0 Å². The van der Waals surface area contributed by atoms with E-state index in [-0.39, 0.29) is 17.2 Å². The SMILES string of the molecule is COc1cc(CNC(=O)C2C(C=C(C)C)C2(C)C)cc(OC)c1OC. The number of carbonyl (C=O) groups excluding carboxylic acids is 1. The van der Waals surface area contributed by atoms with Crippen LogP contribution >= 0.6 is 0 Å². The van der Waals surface area contributed by atoms with Crippen LogP contribution in [-0.4, -0.2) is 27.2 Å². The van der Waals surface area contributed by atoms with Gasteiger partial charge in [-0.15, -0.1) is 0 Å². The first kappa shape index (κ1) is 19.2. The van der Waals surface area contributed by atoms with Crippen molar-refractivity contribution in [1.82, 2.24) is 5.32 Å². The topological polar surface area (TPSA) is 56.8 Å². The molecule has 2 unspecified atom stereocenters. The lowest BCUT2D eigenvalue weighted by atomic mass is 10.1. The third kappa shape index (κ3) is 3.91. The van der Waals surface area contributed by atoms with Gasteiger partial charge in [0.2, 0.25) is 11.7 Å². The van der Waals surface area contributed by atoms with Gasteiger partial charge in [-0.05, 0) is 42.9 Å². The summed E-state index contributed by atoms with van der Waals surface area (Å²) < 4.78 is 16.0. The van der Waals surface area contributed by atoms with Gasteiger partial charge in [0.1, 0.15) is 0 Å². The van der Waals surface area contributed by atoms with Gasteiger partial charge in [0.25, 0.3) is 0 Å². The largest absolute Gasteiger partial charge is 0.493 e. The Morgan fingerprint density at radius 2 is 1.68 bits per heavy atom. The summed E-state index contributed by atoms with van der Waals surface area (Å²) in [6.07, 6.45) is 2.20. The van der Waals surface area contributed by atoms with Crippen molar-refractivity contribution in [3.63, 3.8) is 0 Å². The van der Waals surface area contributed by atoms with Crippen molar-refractivity contribution >= 4 is 5.91 Å². The molecule has 5 heteroatoms. The molecule has 0 spiro atoms. The minimum atomic E-state index is 0.0106. The smallest absolute Gasteiger partial charge is 0.224 e. The number of allylic oxidation sites excluding steroid dienone is 2. The summed E-state index contributed by atoms with van der Waals surface area (Å²) in [6, 6.07) is 3.71. The number of ether oxygens (including phenoxy) is 3. The summed E-state index contributed by atoms with van der Waals surface area (Å²) in [4.78, 5) is 12.6. The second kappa shape index (κ2) is 7.38. The highest BCUT2D eigenvalue weighted by Crippen LogP contribution is 2.59. The molecular weight excluding hydrogens is 318 g/mol. The molecule has 1 aromatic rings. The maximum Gasteiger partial charge on any atom is 0.224 e. The average Bonchev–Trinajstić information content (AvgIpc) is 3.10. The zero-order chi connectivity index (χ0) is 18.8. The summed E-state index contributed by atoms with van der Waals surface area (Å²) in [5, 5.41) is 3.04. The van der Waals surface area contributed by atoms with E-state index in [1.165, 1.54) is 5.57 Å². The van der Waals surface area contributed by atoms with Crippen molar-refractivity contribution in [2.75, 3.05) is 21.3 Å². The molecule has 1 aromatic carbocycles. The summed E-state index contributed by atoms with van der Waals surface area (Å²) in [5.41, 5.74) is 2.16. The van der Waals surface area contributed by atoms with Crippen LogP contribution in [0.15, 0.2) is 23.8 Å². The molecule has 0 saturated heterocycles. The normalized spacial score (nSPS) is 20.4. The molecular formula is C20H29NO4. The van der Waals surface area contributed by atoms with Crippen molar-refractivity contribution in [2.45, 2.75) is 34.2 Å². The number of rotatable bonds is 7. The first-order chi connectivity index (χ1) is 11.8. The number of amides is 1. The molecule has 2 rings (SSSR count).